The Hall–Kier alpha value is -2.29. The molecule has 1 saturated carbocycles. The van der Waals surface area contributed by atoms with Crippen molar-refractivity contribution >= 4 is 17.5 Å². The zero-order valence-electron chi connectivity index (χ0n) is 16.4. The molecule has 0 bridgehead atoms. The Morgan fingerprint density at radius 3 is 2.73 bits per heavy atom. The van der Waals surface area contributed by atoms with Crippen LogP contribution in [-0.4, -0.2) is 49.2 Å². The lowest BCUT2D eigenvalue weighted by molar-refractivity contribution is -0.135. The smallest absolute Gasteiger partial charge is 0.335 e. The fourth-order valence-corrected chi connectivity index (χ4v) is 4.80. The summed E-state index contributed by atoms with van der Waals surface area (Å²) in [5.74, 6) is -2.72. The van der Waals surface area contributed by atoms with Crippen LogP contribution in [0.5, 0.6) is 0 Å². The summed E-state index contributed by atoms with van der Waals surface area (Å²) < 4.78 is 30.0. The number of amides is 1. The highest BCUT2D eigenvalue weighted by Gasteiger charge is 2.48. The van der Waals surface area contributed by atoms with E-state index in [1.165, 1.54) is 14.1 Å². The van der Waals surface area contributed by atoms with Crippen LogP contribution >= 0.6 is 11.6 Å². The molecule has 0 radical (unpaired) electrons. The lowest BCUT2D eigenvalue weighted by Gasteiger charge is -2.27. The Kier molecular flexibility index (Phi) is 4.50. The van der Waals surface area contributed by atoms with E-state index in [2.05, 4.69) is 10.1 Å². The van der Waals surface area contributed by atoms with Crippen molar-refractivity contribution in [3.05, 3.63) is 45.4 Å². The largest absolute Gasteiger partial charge is 0.346 e. The summed E-state index contributed by atoms with van der Waals surface area (Å²) in [6.45, 7) is -0.198. The van der Waals surface area contributed by atoms with Gasteiger partial charge in [-0.05, 0) is 37.8 Å². The van der Waals surface area contributed by atoms with Gasteiger partial charge in [0.05, 0.1) is 18.8 Å². The maximum absolute atomic E-state index is 13.6. The predicted octanol–water partition coefficient (Wildman–Crippen LogP) is 2.57. The first-order valence-corrected chi connectivity index (χ1v) is 10.6. The van der Waals surface area contributed by atoms with Gasteiger partial charge in [-0.2, -0.15) is 5.10 Å². The maximum Gasteiger partial charge on any atom is 0.346 e. The van der Waals surface area contributed by atoms with Crippen molar-refractivity contribution in [2.45, 2.75) is 62.4 Å². The van der Waals surface area contributed by atoms with Gasteiger partial charge in [0.2, 0.25) is 5.91 Å². The van der Waals surface area contributed by atoms with Crippen LogP contribution in [0.25, 0.3) is 0 Å². The minimum absolute atomic E-state index is 0.0180. The van der Waals surface area contributed by atoms with Crippen LogP contribution in [0.4, 0.5) is 8.78 Å². The molecule has 5 rings (SSSR count). The van der Waals surface area contributed by atoms with Crippen molar-refractivity contribution in [2.75, 3.05) is 13.1 Å². The number of carbonyl (C=O) groups is 1. The van der Waals surface area contributed by atoms with Gasteiger partial charge in [-0.3, -0.25) is 9.36 Å². The average Bonchev–Trinajstić information content (AvgIpc) is 3.31. The van der Waals surface area contributed by atoms with E-state index in [1.54, 1.807) is 6.07 Å². The average molecular weight is 438 g/mol. The van der Waals surface area contributed by atoms with Crippen LogP contribution in [0.1, 0.15) is 49.7 Å². The van der Waals surface area contributed by atoms with Crippen LogP contribution < -0.4 is 5.69 Å². The van der Waals surface area contributed by atoms with Crippen molar-refractivity contribution < 1.29 is 13.6 Å². The summed E-state index contributed by atoms with van der Waals surface area (Å²) in [4.78, 5) is 31.7. The third kappa shape index (κ3) is 3.33. The molecule has 2 aromatic rings. The van der Waals surface area contributed by atoms with E-state index in [4.69, 9.17) is 11.6 Å². The molecule has 1 saturated heterocycles. The third-order valence-corrected chi connectivity index (χ3v) is 6.67. The fraction of sp³-hybridized carbons (Fsp3) is 0.600. The number of aromatic nitrogens is 4. The monoisotopic (exact) mass is 437 g/mol. The van der Waals surface area contributed by atoms with Crippen molar-refractivity contribution in [1.29, 1.82) is 0 Å². The van der Waals surface area contributed by atoms with Crippen molar-refractivity contribution in [2.24, 2.45) is 0 Å². The summed E-state index contributed by atoms with van der Waals surface area (Å²) in [6.07, 6.45) is 3.16. The van der Waals surface area contributed by atoms with Crippen LogP contribution in [0, 0.1) is 0 Å². The van der Waals surface area contributed by atoms with Crippen LogP contribution in [0.2, 0.25) is 5.15 Å². The van der Waals surface area contributed by atoms with E-state index >= 15 is 0 Å². The molecule has 2 aliphatic heterocycles. The molecular weight excluding hydrogens is 416 g/mol. The van der Waals surface area contributed by atoms with Crippen LogP contribution in [-0.2, 0) is 23.2 Å². The Bertz CT molecular complexity index is 1060. The molecule has 0 N–H and O–H groups in total. The zero-order valence-corrected chi connectivity index (χ0v) is 17.1. The Morgan fingerprint density at radius 1 is 1.27 bits per heavy atom. The summed E-state index contributed by atoms with van der Waals surface area (Å²) in [7, 11) is 0. The van der Waals surface area contributed by atoms with Gasteiger partial charge in [-0.25, -0.2) is 23.2 Å². The number of pyridine rings is 1. The molecule has 4 heterocycles. The highest BCUT2D eigenvalue weighted by molar-refractivity contribution is 6.29. The number of likely N-dealkylation sites (tertiary alicyclic amines) is 1. The predicted molar refractivity (Wildman–Crippen MR) is 105 cm³/mol. The molecule has 1 amide bonds. The summed E-state index contributed by atoms with van der Waals surface area (Å²) >= 11 is 6.04. The number of carbonyl (C=O) groups excluding carboxylic acids is 1. The second kappa shape index (κ2) is 6.87. The van der Waals surface area contributed by atoms with Gasteiger partial charge in [0.25, 0.3) is 5.92 Å². The second-order valence-corrected chi connectivity index (χ2v) is 9.01. The molecule has 160 valence electrons. The van der Waals surface area contributed by atoms with E-state index < -0.39 is 24.4 Å². The van der Waals surface area contributed by atoms with Crippen LogP contribution in [0.15, 0.2) is 23.0 Å². The normalized spacial score (nSPS) is 24.0. The minimum Gasteiger partial charge on any atom is -0.335 e. The quantitative estimate of drug-likeness (QED) is 0.689. The molecule has 1 atom stereocenters. The molecule has 10 heteroatoms. The molecule has 3 aliphatic rings. The van der Waals surface area contributed by atoms with Gasteiger partial charge in [0.1, 0.15) is 17.0 Å². The number of rotatable bonds is 4. The molecule has 1 aliphatic carbocycles. The number of nitrogens with zero attached hydrogens (tertiary/aromatic N) is 5. The first kappa shape index (κ1) is 19.7. The summed E-state index contributed by atoms with van der Waals surface area (Å²) in [5.41, 5.74) is 0.192. The number of hydrogen-bond acceptors (Lipinski definition) is 4. The molecule has 0 spiro atoms. The maximum atomic E-state index is 13.6. The Labute approximate surface area is 176 Å². The molecule has 0 aromatic carbocycles. The van der Waals surface area contributed by atoms with Gasteiger partial charge in [-0.15, -0.1) is 0 Å². The molecular formula is C20H22ClF2N5O2. The van der Waals surface area contributed by atoms with E-state index in [-0.39, 0.29) is 24.1 Å². The number of hydrogen-bond donors (Lipinski definition) is 0. The van der Waals surface area contributed by atoms with Crippen molar-refractivity contribution in [3.63, 3.8) is 0 Å². The molecule has 2 aromatic heterocycles. The van der Waals surface area contributed by atoms with E-state index in [1.807, 2.05) is 12.1 Å². The third-order valence-electron chi connectivity index (χ3n) is 6.46. The lowest BCUT2D eigenvalue weighted by atomic mass is 10.0. The zero-order chi connectivity index (χ0) is 21.1. The summed E-state index contributed by atoms with van der Waals surface area (Å²) in [6, 6.07) is 4.69. The number of aryl methyl sites for hydroxylation is 1. The van der Waals surface area contributed by atoms with Gasteiger partial charge in [-0.1, -0.05) is 17.7 Å². The summed E-state index contributed by atoms with van der Waals surface area (Å²) in [5, 5.41) is 4.90. The van der Waals surface area contributed by atoms with E-state index in [9.17, 15) is 18.4 Å². The van der Waals surface area contributed by atoms with Crippen LogP contribution in [0.3, 0.4) is 0 Å². The van der Waals surface area contributed by atoms with Gasteiger partial charge >= 0.3 is 5.69 Å². The minimum atomic E-state index is -2.86. The second-order valence-electron chi connectivity index (χ2n) is 8.63. The molecule has 0 unspecified atom stereocenters. The van der Waals surface area contributed by atoms with E-state index in [0.29, 0.717) is 36.8 Å². The van der Waals surface area contributed by atoms with Crippen molar-refractivity contribution in [1.82, 2.24) is 24.2 Å². The highest BCUT2D eigenvalue weighted by atomic mass is 35.5. The fourth-order valence-electron chi connectivity index (χ4n) is 4.64. The standard InChI is InChI=1S/C20H22ClF2N5O2/c21-15-5-2-4-14(24-15)19(7-8-19)11-27-18(30)28-13(3-1-6-16(28)25-27)17(29)26-10-9-20(22,23)12-26/h2,4-5,13H,1,3,6-12H2/t13-/m0/s1. The van der Waals surface area contributed by atoms with Gasteiger partial charge in [0, 0.05) is 24.8 Å². The highest BCUT2D eigenvalue weighted by Crippen LogP contribution is 2.48. The van der Waals surface area contributed by atoms with Gasteiger partial charge in [0.15, 0.2) is 0 Å². The molecule has 30 heavy (non-hydrogen) atoms. The Balaban J connectivity index is 1.43. The number of halogens is 3. The van der Waals surface area contributed by atoms with Gasteiger partial charge < -0.3 is 4.90 Å². The molecule has 2 fully saturated rings. The number of fused-ring (bicyclic) bond motifs is 1. The topological polar surface area (TPSA) is 73.0 Å². The first-order chi connectivity index (χ1) is 14.3. The van der Waals surface area contributed by atoms with Crippen molar-refractivity contribution in [3.8, 4) is 0 Å². The first-order valence-electron chi connectivity index (χ1n) is 10.3. The van der Waals surface area contributed by atoms with E-state index in [0.717, 1.165) is 18.5 Å². The molecule has 7 nitrogen and oxygen atoms in total. The Morgan fingerprint density at radius 2 is 2.07 bits per heavy atom. The lowest BCUT2D eigenvalue weighted by Crippen LogP contribution is -2.42. The number of alkyl halides is 2. The SMILES string of the molecule is O=C([C@@H]1CCCc2nn(CC3(c4cccc(Cl)n4)CC3)c(=O)n21)N1CCC(F)(F)C1.